The number of fused-ring (bicyclic) bond motifs is 3. The summed E-state index contributed by atoms with van der Waals surface area (Å²) in [6, 6.07) is 0. The summed E-state index contributed by atoms with van der Waals surface area (Å²) in [5, 5.41) is 21.0. The predicted molar refractivity (Wildman–Crippen MR) is 97.7 cm³/mol. The van der Waals surface area contributed by atoms with E-state index in [1.807, 2.05) is 19.9 Å². The molecular formula is C22H28O5. The molecule has 3 saturated carbocycles. The van der Waals surface area contributed by atoms with E-state index in [1.165, 1.54) is 0 Å². The minimum absolute atomic E-state index is 0.0291. The normalized spacial score (nSPS) is 55.1. The molecule has 1 heterocycles. The summed E-state index contributed by atoms with van der Waals surface area (Å²) in [4.78, 5) is 24.5. The number of epoxide rings is 1. The van der Waals surface area contributed by atoms with Crippen LogP contribution in [0, 0.1) is 28.6 Å². The Kier molecular flexibility index (Phi) is 3.29. The van der Waals surface area contributed by atoms with Crippen molar-refractivity contribution in [2.75, 3.05) is 6.61 Å². The van der Waals surface area contributed by atoms with Crippen molar-refractivity contribution in [2.45, 2.75) is 63.8 Å². The highest BCUT2D eigenvalue weighted by Crippen LogP contribution is 2.76. The van der Waals surface area contributed by atoms with E-state index in [9.17, 15) is 19.8 Å². The number of hydrogen-bond acceptors (Lipinski definition) is 5. The molecule has 1 spiro atoms. The van der Waals surface area contributed by atoms with Gasteiger partial charge in [-0.05, 0) is 62.5 Å². The third-order valence-corrected chi connectivity index (χ3v) is 9.08. The summed E-state index contributed by atoms with van der Waals surface area (Å²) in [6.07, 6.45) is 8.58. The molecule has 146 valence electrons. The number of allylic oxidation sites excluding steroid dienone is 2. The van der Waals surface area contributed by atoms with Crippen LogP contribution in [0.25, 0.3) is 0 Å². The number of carbonyl (C=O) groups excluding carboxylic acids is 2. The first kappa shape index (κ1) is 17.8. The standard InChI is InChI=1S/C22H28O5/c1-12-8-16-15-5-4-13-9-14(24)6-7-19(13,2)22(15)18(27-22)10-20(16,3)21(12,26)17(25)11-23/h6-7,9,12,15-16,18,23,26H,4-5,8,10-11H2,1-3H3/t12-,15?,16?,18-,19+,20+,21+,22+/m1/s1. The summed E-state index contributed by atoms with van der Waals surface area (Å²) in [5.74, 6) is -0.193. The van der Waals surface area contributed by atoms with Gasteiger partial charge >= 0.3 is 0 Å². The monoisotopic (exact) mass is 372 g/mol. The lowest BCUT2D eigenvalue weighted by molar-refractivity contribution is -0.165. The van der Waals surface area contributed by atoms with Gasteiger partial charge in [0.2, 0.25) is 0 Å². The summed E-state index contributed by atoms with van der Waals surface area (Å²) in [7, 11) is 0. The zero-order valence-corrected chi connectivity index (χ0v) is 16.2. The predicted octanol–water partition coefficient (Wildman–Crippen LogP) is 1.96. The molecule has 8 atom stereocenters. The molecule has 0 aromatic heterocycles. The van der Waals surface area contributed by atoms with Gasteiger partial charge in [0.1, 0.15) is 17.8 Å². The largest absolute Gasteiger partial charge is 0.388 e. The van der Waals surface area contributed by atoms with Crippen molar-refractivity contribution in [2.24, 2.45) is 28.6 Å². The highest BCUT2D eigenvalue weighted by atomic mass is 16.6. The van der Waals surface area contributed by atoms with Crippen molar-refractivity contribution in [3.63, 3.8) is 0 Å². The zero-order chi connectivity index (χ0) is 19.4. The van der Waals surface area contributed by atoms with E-state index in [-0.39, 0.29) is 40.7 Å². The highest BCUT2D eigenvalue weighted by Gasteiger charge is 2.81. The van der Waals surface area contributed by atoms with Gasteiger partial charge in [-0.2, -0.15) is 0 Å². The van der Waals surface area contributed by atoms with Crippen LogP contribution in [-0.2, 0) is 14.3 Å². The van der Waals surface area contributed by atoms with E-state index in [0.717, 1.165) is 24.8 Å². The van der Waals surface area contributed by atoms with Crippen LogP contribution in [0.4, 0.5) is 0 Å². The SMILES string of the molecule is C[C@@H]1CC2C3CCC4=CC(=O)C=C[C@]4(C)[C@]34O[C@@H]4C[C@]2(C)[C@@]1(O)C(=O)CO. The third kappa shape index (κ3) is 1.73. The number of ether oxygens (including phenoxy) is 1. The molecule has 5 aliphatic rings. The van der Waals surface area contributed by atoms with Crippen LogP contribution in [-0.4, -0.2) is 45.7 Å². The summed E-state index contributed by atoms with van der Waals surface area (Å²) in [5.41, 5.74) is -1.55. The second-order valence-electron chi connectivity index (χ2n) is 9.86. The van der Waals surface area contributed by atoms with E-state index in [0.29, 0.717) is 6.42 Å². The lowest BCUT2D eigenvalue weighted by Crippen LogP contribution is -2.62. The van der Waals surface area contributed by atoms with Crippen LogP contribution >= 0.6 is 0 Å². The molecule has 5 heteroatoms. The number of carbonyl (C=O) groups is 2. The molecule has 1 aliphatic heterocycles. The molecule has 2 unspecified atom stereocenters. The van der Waals surface area contributed by atoms with Crippen LogP contribution in [0.2, 0.25) is 0 Å². The van der Waals surface area contributed by atoms with Gasteiger partial charge < -0.3 is 14.9 Å². The highest BCUT2D eigenvalue weighted by molar-refractivity contribution is 6.01. The Morgan fingerprint density at radius 3 is 2.78 bits per heavy atom. The van der Waals surface area contributed by atoms with Crippen molar-refractivity contribution < 1.29 is 24.5 Å². The maximum absolute atomic E-state index is 12.6. The minimum atomic E-state index is -1.50. The second-order valence-corrected chi connectivity index (χ2v) is 9.86. The van der Waals surface area contributed by atoms with E-state index < -0.39 is 23.4 Å². The lowest BCUT2D eigenvalue weighted by atomic mass is 9.46. The van der Waals surface area contributed by atoms with Crippen LogP contribution in [0.15, 0.2) is 23.8 Å². The van der Waals surface area contributed by atoms with E-state index in [1.54, 1.807) is 12.2 Å². The molecule has 1 saturated heterocycles. The molecule has 4 fully saturated rings. The number of aliphatic hydroxyl groups is 2. The van der Waals surface area contributed by atoms with Gasteiger partial charge in [0.15, 0.2) is 11.6 Å². The Balaban J connectivity index is 1.60. The van der Waals surface area contributed by atoms with Gasteiger partial charge in [-0.15, -0.1) is 0 Å². The fourth-order valence-corrected chi connectivity index (χ4v) is 7.70. The Hall–Kier alpha value is -1.30. The van der Waals surface area contributed by atoms with Crippen molar-refractivity contribution in [1.29, 1.82) is 0 Å². The van der Waals surface area contributed by atoms with E-state index in [4.69, 9.17) is 4.74 Å². The molecule has 0 aromatic rings. The molecule has 27 heavy (non-hydrogen) atoms. The molecule has 5 nitrogen and oxygen atoms in total. The molecule has 0 aromatic carbocycles. The fraction of sp³-hybridized carbons (Fsp3) is 0.727. The van der Waals surface area contributed by atoms with Crippen LogP contribution in [0.5, 0.6) is 0 Å². The fourth-order valence-electron chi connectivity index (χ4n) is 7.70. The van der Waals surface area contributed by atoms with Gasteiger partial charge in [-0.1, -0.05) is 25.5 Å². The molecule has 0 amide bonds. The zero-order valence-electron chi connectivity index (χ0n) is 16.2. The average Bonchev–Trinajstić information content (AvgIpc) is 3.31. The van der Waals surface area contributed by atoms with Gasteiger partial charge in [0, 0.05) is 10.8 Å². The van der Waals surface area contributed by atoms with Gasteiger partial charge in [-0.25, -0.2) is 0 Å². The summed E-state index contributed by atoms with van der Waals surface area (Å²) in [6.45, 7) is 5.51. The quantitative estimate of drug-likeness (QED) is 0.724. The second kappa shape index (κ2) is 5.00. The molecule has 2 N–H and O–H groups in total. The molecule has 0 bridgehead atoms. The van der Waals surface area contributed by atoms with Crippen LogP contribution in [0.3, 0.4) is 0 Å². The van der Waals surface area contributed by atoms with Crippen LogP contribution < -0.4 is 0 Å². The molecule has 0 radical (unpaired) electrons. The smallest absolute Gasteiger partial charge is 0.190 e. The first-order valence-corrected chi connectivity index (χ1v) is 10.1. The Bertz CT molecular complexity index is 814. The third-order valence-electron chi connectivity index (χ3n) is 9.08. The Labute approximate surface area is 159 Å². The number of Topliss-reactive ketones (excluding diaryl/α,β-unsaturated/α-hetero) is 1. The van der Waals surface area contributed by atoms with Crippen molar-refractivity contribution in [1.82, 2.24) is 0 Å². The Morgan fingerprint density at radius 1 is 1.33 bits per heavy atom. The molecular weight excluding hydrogens is 344 g/mol. The van der Waals surface area contributed by atoms with Gasteiger partial charge in [-0.3, -0.25) is 9.59 Å². The first-order valence-electron chi connectivity index (χ1n) is 10.1. The first-order chi connectivity index (χ1) is 12.6. The maximum atomic E-state index is 12.6. The van der Waals surface area contributed by atoms with Gasteiger partial charge in [0.25, 0.3) is 0 Å². The van der Waals surface area contributed by atoms with Crippen molar-refractivity contribution >= 4 is 11.6 Å². The number of rotatable bonds is 2. The topological polar surface area (TPSA) is 87.1 Å². The minimum Gasteiger partial charge on any atom is -0.388 e. The molecule has 4 aliphatic carbocycles. The van der Waals surface area contributed by atoms with E-state index >= 15 is 0 Å². The number of hydrogen-bond donors (Lipinski definition) is 2. The lowest BCUT2D eigenvalue weighted by Gasteiger charge is -2.55. The summed E-state index contributed by atoms with van der Waals surface area (Å²) < 4.78 is 6.43. The maximum Gasteiger partial charge on any atom is 0.190 e. The van der Waals surface area contributed by atoms with Crippen molar-refractivity contribution in [3.05, 3.63) is 23.8 Å². The average molecular weight is 372 g/mol. The number of aliphatic hydroxyl groups excluding tert-OH is 1. The van der Waals surface area contributed by atoms with Gasteiger partial charge in [0.05, 0.1) is 6.10 Å². The molecule has 5 rings (SSSR count). The number of ketones is 2. The van der Waals surface area contributed by atoms with Crippen LogP contribution in [0.1, 0.15) is 46.5 Å². The van der Waals surface area contributed by atoms with Crippen molar-refractivity contribution in [3.8, 4) is 0 Å². The van der Waals surface area contributed by atoms with E-state index in [2.05, 4.69) is 6.92 Å². The summed E-state index contributed by atoms with van der Waals surface area (Å²) >= 11 is 0. The Morgan fingerprint density at radius 2 is 2.07 bits per heavy atom.